The van der Waals surface area contributed by atoms with E-state index < -0.39 is 5.41 Å². The predicted molar refractivity (Wildman–Crippen MR) is 54.9 cm³/mol. The standard InChI is InChI=1S/C11H14N2O2/c1-13(15-2)10(14)11(6-7-11)9-5-3-4-8-12-9/h3-5,8H,6-7H2,1-2H3. The van der Waals surface area contributed by atoms with Crippen molar-refractivity contribution in [3.8, 4) is 0 Å². The number of rotatable bonds is 3. The van der Waals surface area contributed by atoms with Crippen molar-refractivity contribution in [1.82, 2.24) is 10.0 Å². The summed E-state index contributed by atoms with van der Waals surface area (Å²) in [6.45, 7) is 0. The molecule has 15 heavy (non-hydrogen) atoms. The molecule has 1 fully saturated rings. The van der Waals surface area contributed by atoms with E-state index in [9.17, 15) is 4.79 Å². The minimum atomic E-state index is -0.425. The van der Waals surface area contributed by atoms with Gasteiger partial charge in [-0.15, -0.1) is 0 Å². The smallest absolute Gasteiger partial charge is 0.258 e. The van der Waals surface area contributed by atoms with Crippen LogP contribution in [0.3, 0.4) is 0 Å². The molecular formula is C11H14N2O2. The van der Waals surface area contributed by atoms with Gasteiger partial charge in [0.25, 0.3) is 5.91 Å². The van der Waals surface area contributed by atoms with Crippen molar-refractivity contribution in [1.29, 1.82) is 0 Å². The molecule has 1 aromatic heterocycles. The summed E-state index contributed by atoms with van der Waals surface area (Å²) in [5.74, 6) is -0.0105. The van der Waals surface area contributed by atoms with E-state index in [1.54, 1.807) is 13.2 Å². The van der Waals surface area contributed by atoms with Crippen LogP contribution in [0.2, 0.25) is 0 Å². The zero-order valence-corrected chi connectivity index (χ0v) is 8.93. The third-order valence-corrected chi connectivity index (χ3v) is 2.87. The van der Waals surface area contributed by atoms with Gasteiger partial charge >= 0.3 is 0 Å². The largest absolute Gasteiger partial charge is 0.275 e. The molecule has 0 atom stereocenters. The maximum atomic E-state index is 12.0. The highest BCUT2D eigenvalue weighted by molar-refractivity contribution is 5.89. The summed E-state index contributed by atoms with van der Waals surface area (Å²) in [5, 5.41) is 1.28. The fourth-order valence-electron chi connectivity index (χ4n) is 1.73. The molecular weight excluding hydrogens is 192 g/mol. The molecule has 1 aliphatic carbocycles. The predicted octanol–water partition coefficient (Wildman–Crippen LogP) is 1.13. The van der Waals surface area contributed by atoms with Crippen LogP contribution in [0.4, 0.5) is 0 Å². The van der Waals surface area contributed by atoms with Gasteiger partial charge < -0.3 is 0 Å². The van der Waals surface area contributed by atoms with Crippen molar-refractivity contribution >= 4 is 5.91 Å². The second-order valence-electron chi connectivity index (χ2n) is 3.78. The summed E-state index contributed by atoms with van der Waals surface area (Å²) < 4.78 is 0. The maximum Gasteiger partial charge on any atom is 0.258 e. The van der Waals surface area contributed by atoms with Gasteiger partial charge in [0.1, 0.15) is 0 Å². The topological polar surface area (TPSA) is 42.4 Å². The second kappa shape index (κ2) is 3.62. The Kier molecular flexibility index (Phi) is 2.44. The van der Waals surface area contributed by atoms with Crippen LogP contribution in [0.5, 0.6) is 0 Å². The highest BCUT2D eigenvalue weighted by Crippen LogP contribution is 2.48. The second-order valence-corrected chi connectivity index (χ2v) is 3.78. The van der Waals surface area contributed by atoms with Crippen molar-refractivity contribution in [3.05, 3.63) is 30.1 Å². The lowest BCUT2D eigenvalue weighted by Gasteiger charge is -2.20. The number of likely N-dealkylation sites (N-methyl/N-ethyl adjacent to an activating group) is 1. The van der Waals surface area contributed by atoms with Gasteiger partial charge in [-0.05, 0) is 25.0 Å². The van der Waals surface area contributed by atoms with E-state index in [1.165, 1.54) is 12.2 Å². The molecule has 0 aromatic carbocycles. The van der Waals surface area contributed by atoms with Crippen molar-refractivity contribution in [2.24, 2.45) is 0 Å². The summed E-state index contributed by atoms with van der Waals surface area (Å²) in [6.07, 6.45) is 3.43. The van der Waals surface area contributed by atoms with E-state index in [-0.39, 0.29) is 5.91 Å². The van der Waals surface area contributed by atoms with Gasteiger partial charge in [0.05, 0.1) is 18.2 Å². The molecule has 0 N–H and O–H groups in total. The Morgan fingerprint density at radius 1 is 1.53 bits per heavy atom. The number of hydroxylamine groups is 2. The highest BCUT2D eigenvalue weighted by Gasteiger charge is 2.54. The summed E-state index contributed by atoms with van der Waals surface area (Å²) in [5.41, 5.74) is 0.422. The van der Waals surface area contributed by atoms with Gasteiger partial charge in [-0.1, -0.05) is 6.07 Å². The Bertz CT molecular complexity index is 360. The van der Waals surface area contributed by atoms with Crippen LogP contribution in [0.1, 0.15) is 18.5 Å². The monoisotopic (exact) mass is 206 g/mol. The average molecular weight is 206 g/mol. The third-order valence-electron chi connectivity index (χ3n) is 2.87. The van der Waals surface area contributed by atoms with Gasteiger partial charge in [-0.25, -0.2) is 5.06 Å². The first kappa shape index (κ1) is 10.1. The number of carbonyl (C=O) groups is 1. The van der Waals surface area contributed by atoms with Crippen LogP contribution in [0, 0.1) is 0 Å². The van der Waals surface area contributed by atoms with E-state index in [1.807, 2.05) is 18.2 Å². The number of carbonyl (C=O) groups excluding carboxylic acids is 1. The SMILES string of the molecule is CON(C)C(=O)C1(c2ccccn2)CC1. The quantitative estimate of drug-likeness (QED) is 0.696. The number of hydrogen-bond donors (Lipinski definition) is 0. The number of nitrogens with zero attached hydrogens (tertiary/aromatic N) is 2. The lowest BCUT2D eigenvalue weighted by molar-refractivity contribution is -0.171. The van der Waals surface area contributed by atoms with Gasteiger partial charge in [0, 0.05) is 13.2 Å². The van der Waals surface area contributed by atoms with Gasteiger partial charge in [0.2, 0.25) is 0 Å². The summed E-state index contributed by atoms with van der Waals surface area (Å²) in [4.78, 5) is 21.2. The molecule has 0 aliphatic heterocycles. The van der Waals surface area contributed by atoms with Crippen LogP contribution in [-0.2, 0) is 15.0 Å². The van der Waals surface area contributed by atoms with Crippen LogP contribution in [-0.4, -0.2) is 30.1 Å². The Morgan fingerprint density at radius 3 is 2.73 bits per heavy atom. The van der Waals surface area contributed by atoms with Crippen molar-refractivity contribution in [2.75, 3.05) is 14.2 Å². The molecule has 0 spiro atoms. The van der Waals surface area contributed by atoms with Crippen LogP contribution >= 0.6 is 0 Å². The van der Waals surface area contributed by atoms with Crippen LogP contribution in [0.15, 0.2) is 24.4 Å². The fraction of sp³-hybridized carbons (Fsp3) is 0.455. The maximum absolute atomic E-state index is 12.0. The van der Waals surface area contributed by atoms with E-state index >= 15 is 0 Å². The molecule has 1 aliphatic rings. The minimum absolute atomic E-state index is 0.0105. The van der Waals surface area contributed by atoms with E-state index in [2.05, 4.69) is 4.98 Å². The van der Waals surface area contributed by atoms with E-state index in [0.717, 1.165) is 18.5 Å². The van der Waals surface area contributed by atoms with Gasteiger partial charge in [-0.2, -0.15) is 0 Å². The lowest BCUT2D eigenvalue weighted by atomic mass is 10.0. The molecule has 1 saturated carbocycles. The van der Waals surface area contributed by atoms with E-state index in [0.29, 0.717) is 0 Å². The van der Waals surface area contributed by atoms with Crippen molar-refractivity contribution < 1.29 is 9.63 Å². The number of hydrogen-bond acceptors (Lipinski definition) is 3. The van der Waals surface area contributed by atoms with Crippen molar-refractivity contribution in [3.63, 3.8) is 0 Å². The Hall–Kier alpha value is -1.42. The lowest BCUT2D eigenvalue weighted by Crippen LogP contribution is -2.36. The zero-order chi connectivity index (χ0) is 10.9. The molecule has 0 unspecified atom stereocenters. The first-order chi connectivity index (χ1) is 7.20. The molecule has 0 radical (unpaired) electrons. The molecule has 2 rings (SSSR count). The summed E-state index contributed by atoms with van der Waals surface area (Å²) in [7, 11) is 3.12. The number of amides is 1. The number of aromatic nitrogens is 1. The molecule has 0 saturated heterocycles. The van der Waals surface area contributed by atoms with Gasteiger partial charge in [0.15, 0.2) is 0 Å². The molecule has 1 heterocycles. The first-order valence-electron chi connectivity index (χ1n) is 4.94. The molecule has 4 heteroatoms. The van der Waals surface area contributed by atoms with Gasteiger partial charge in [-0.3, -0.25) is 14.6 Å². The zero-order valence-electron chi connectivity index (χ0n) is 8.93. The third kappa shape index (κ3) is 1.61. The molecule has 1 aromatic rings. The Labute approximate surface area is 88.8 Å². The Morgan fingerprint density at radius 2 is 2.27 bits per heavy atom. The molecule has 0 bridgehead atoms. The molecule has 4 nitrogen and oxygen atoms in total. The minimum Gasteiger partial charge on any atom is -0.275 e. The molecule has 80 valence electrons. The first-order valence-corrected chi connectivity index (χ1v) is 4.94. The Balaban J connectivity index is 2.25. The summed E-state index contributed by atoms with van der Waals surface area (Å²) in [6, 6.07) is 5.65. The molecule has 1 amide bonds. The average Bonchev–Trinajstić information content (AvgIpc) is 3.09. The summed E-state index contributed by atoms with van der Waals surface area (Å²) >= 11 is 0. The normalized spacial score (nSPS) is 17.2. The van der Waals surface area contributed by atoms with Crippen molar-refractivity contribution in [2.45, 2.75) is 18.3 Å². The van der Waals surface area contributed by atoms with Crippen LogP contribution < -0.4 is 0 Å². The van der Waals surface area contributed by atoms with E-state index in [4.69, 9.17) is 4.84 Å². The van der Waals surface area contributed by atoms with Crippen LogP contribution in [0.25, 0.3) is 0 Å². The fourth-order valence-corrected chi connectivity index (χ4v) is 1.73. The number of pyridine rings is 1. The highest BCUT2D eigenvalue weighted by atomic mass is 16.7.